The summed E-state index contributed by atoms with van der Waals surface area (Å²) in [6.07, 6.45) is -16.0. The molecule has 2 aromatic rings. The minimum atomic E-state index is -4.73. The molecule has 0 aromatic heterocycles. The third-order valence-corrected chi connectivity index (χ3v) is 6.81. The molecule has 0 aliphatic carbocycles. The van der Waals surface area contributed by atoms with Crippen LogP contribution in [0, 0.1) is 18.8 Å². The molecule has 222 valence electrons. The number of nitrogens with one attached hydrogen (secondary N) is 2. The Bertz CT molecular complexity index is 1330. The first-order chi connectivity index (χ1) is 19.1. The summed E-state index contributed by atoms with van der Waals surface area (Å²) in [6.45, 7) is 1.82. The van der Waals surface area contributed by atoms with Crippen LogP contribution < -0.4 is 16.4 Å². The second kappa shape index (κ2) is 12.9. The van der Waals surface area contributed by atoms with Gasteiger partial charge in [0.15, 0.2) is 0 Å². The standard InChI is InChI=1S/C27H27ClF6N4O3/c1-14-5-2-6-15(13-14)20-18-7-3-9-19(28)21(18)37-25(41)23(36-20)38-24(40)17(10-12-27(32,33)34)16(22(35)39)8-4-11-26(29,30)31/h2-3,5-7,9,13,16-17,23H,4,8,10-12H2,1H3,(H2,35,39)(H,37,41)(H,38,40). The minimum absolute atomic E-state index is 0.157. The Morgan fingerprint density at radius 3 is 2.29 bits per heavy atom. The van der Waals surface area contributed by atoms with E-state index in [-0.39, 0.29) is 16.4 Å². The van der Waals surface area contributed by atoms with Gasteiger partial charge in [-0.25, -0.2) is 4.99 Å². The average molecular weight is 605 g/mol. The summed E-state index contributed by atoms with van der Waals surface area (Å²) in [5.41, 5.74) is 7.54. The first kappa shape index (κ1) is 31.9. The van der Waals surface area contributed by atoms with Crippen molar-refractivity contribution in [2.24, 2.45) is 22.6 Å². The molecule has 0 saturated heterocycles. The number of para-hydroxylation sites is 1. The maximum atomic E-state index is 13.3. The Hall–Kier alpha value is -3.61. The van der Waals surface area contributed by atoms with Crippen LogP contribution >= 0.6 is 11.6 Å². The molecule has 3 rings (SSSR count). The van der Waals surface area contributed by atoms with E-state index >= 15 is 0 Å². The van der Waals surface area contributed by atoms with Crippen LogP contribution in [0.4, 0.5) is 32.0 Å². The second-order valence-electron chi connectivity index (χ2n) is 9.69. The molecule has 14 heteroatoms. The maximum Gasteiger partial charge on any atom is 0.389 e. The highest BCUT2D eigenvalue weighted by molar-refractivity contribution is 6.36. The normalized spacial score (nSPS) is 17.0. The number of fused-ring (bicyclic) bond motifs is 1. The van der Waals surface area contributed by atoms with E-state index in [1.54, 1.807) is 30.3 Å². The summed E-state index contributed by atoms with van der Waals surface area (Å²) in [4.78, 5) is 43.0. The summed E-state index contributed by atoms with van der Waals surface area (Å²) < 4.78 is 77.4. The summed E-state index contributed by atoms with van der Waals surface area (Å²) in [7, 11) is 0. The number of benzodiazepines with no additional fused rings is 1. The number of hydrogen-bond donors (Lipinski definition) is 3. The highest BCUT2D eigenvalue weighted by Crippen LogP contribution is 2.33. The van der Waals surface area contributed by atoms with E-state index in [0.29, 0.717) is 11.1 Å². The molecule has 0 saturated carbocycles. The third kappa shape index (κ3) is 8.94. The van der Waals surface area contributed by atoms with Crippen LogP contribution in [0.1, 0.15) is 48.8 Å². The van der Waals surface area contributed by atoms with E-state index in [1.807, 2.05) is 13.0 Å². The Morgan fingerprint density at radius 2 is 1.68 bits per heavy atom. The molecule has 0 spiro atoms. The van der Waals surface area contributed by atoms with Gasteiger partial charge in [0.25, 0.3) is 5.91 Å². The van der Waals surface area contributed by atoms with Crippen molar-refractivity contribution >= 4 is 40.7 Å². The van der Waals surface area contributed by atoms with Crippen LogP contribution in [0.25, 0.3) is 0 Å². The van der Waals surface area contributed by atoms with Gasteiger partial charge in [-0.3, -0.25) is 14.4 Å². The molecule has 1 aliphatic rings. The number of anilines is 1. The number of carbonyl (C=O) groups excluding carboxylic acids is 3. The topological polar surface area (TPSA) is 114 Å². The fourth-order valence-electron chi connectivity index (χ4n) is 4.56. The van der Waals surface area contributed by atoms with Crippen molar-refractivity contribution in [3.8, 4) is 0 Å². The second-order valence-corrected chi connectivity index (χ2v) is 10.1. The lowest BCUT2D eigenvalue weighted by atomic mass is 9.83. The van der Waals surface area contributed by atoms with Crippen LogP contribution in [0.2, 0.25) is 5.02 Å². The summed E-state index contributed by atoms with van der Waals surface area (Å²) >= 11 is 6.31. The highest BCUT2D eigenvalue weighted by Gasteiger charge is 2.39. The molecule has 0 radical (unpaired) electrons. The van der Waals surface area contributed by atoms with Crippen molar-refractivity contribution in [1.82, 2.24) is 5.32 Å². The lowest BCUT2D eigenvalue weighted by Crippen LogP contribution is -2.48. The molecule has 0 fully saturated rings. The van der Waals surface area contributed by atoms with Gasteiger partial charge in [0.2, 0.25) is 18.0 Å². The molecule has 3 amide bonds. The van der Waals surface area contributed by atoms with Crippen LogP contribution in [0.15, 0.2) is 47.5 Å². The Kier molecular flexibility index (Phi) is 10.1. The van der Waals surface area contributed by atoms with Gasteiger partial charge in [-0.2, -0.15) is 26.3 Å². The number of carbonyl (C=O) groups is 3. The Labute approximate surface area is 236 Å². The zero-order chi connectivity index (χ0) is 30.5. The number of primary amides is 1. The van der Waals surface area contributed by atoms with E-state index in [0.717, 1.165) is 5.56 Å². The monoisotopic (exact) mass is 604 g/mol. The van der Waals surface area contributed by atoms with Crippen molar-refractivity contribution in [1.29, 1.82) is 0 Å². The van der Waals surface area contributed by atoms with Gasteiger partial charge in [-0.1, -0.05) is 47.5 Å². The number of alkyl halides is 6. The third-order valence-electron chi connectivity index (χ3n) is 6.50. The van der Waals surface area contributed by atoms with Gasteiger partial charge in [0, 0.05) is 35.8 Å². The van der Waals surface area contributed by atoms with Gasteiger partial charge >= 0.3 is 12.4 Å². The van der Waals surface area contributed by atoms with Gasteiger partial charge < -0.3 is 16.4 Å². The molecule has 3 atom stereocenters. The molecule has 7 nitrogen and oxygen atoms in total. The molecule has 1 heterocycles. The van der Waals surface area contributed by atoms with Gasteiger partial charge in [-0.05, 0) is 38.3 Å². The van der Waals surface area contributed by atoms with Gasteiger partial charge in [-0.15, -0.1) is 0 Å². The van der Waals surface area contributed by atoms with Crippen molar-refractivity contribution in [3.05, 3.63) is 64.2 Å². The number of aryl methyl sites for hydroxylation is 1. The van der Waals surface area contributed by atoms with Gasteiger partial charge in [0.1, 0.15) is 0 Å². The lowest BCUT2D eigenvalue weighted by molar-refractivity contribution is -0.147. The number of amides is 3. The fraction of sp³-hybridized carbons (Fsp3) is 0.407. The summed E-state index contributed by atoms with van der Waals surface area (Å²) in [5, 5.41) is 5.00. The number of nitrogens with zero attached hydrogens (tertiary/aromatic N) is 1. The number of aliphatic imine (C=N–C) groups is 1. The van der Waals surface area contributed by atoms with Crippen molar-refractivity contribution in [2.45, 2.75) is 57.5 Å². The first-order valence-electron chi connectivity index (χ1n) is 12.5. The van der Waals surface area contributed by atoms with E-state index in [2.05, 4.69) is 15.6 Å². The summed E-state index contributed by atoms with van der Waals surface area (Å²) in [5.74, 6) is -6.72. The SMILES string of the molecule is Cc1cccc(C2=NC(NC(=O)C(CCC(F)(F)F)C(CCCC(F)(F)F)C(N)=O)C(=O)Nc3c(Cl)cccc32)c1. The quantitative estimate of drug-likeness (QED) is 0.304. The molecule has 4 N–H and O–H groups in total. The molecular weight excluding hydrogens is 578 g/mol. The summed E-state index contributed by atoms with van der Waals surface area (Å²) in [6, 6.07) is 11.8. The van der Waals surface area contributed by atoms with Gasteiger partial charge in [0.05, 0.1) is 16.4 Å². The predicted octanol–water partition coefficient (Wildman–Crippen LogP) is 5.67. The molecule has 41 heavy (non-hydrogen) atoms. The van der Waals surface area contributed by atoms with Crippen molar-refractivity contribution in [3.63, 3.8) is 0 Å². The lowest BCUT2D eigenvalue weighted by Gasteiger charge is -2.26. The van der Waals surface area contributed by atoms with E-state index in [4.69, 9.17) is 17.3 Å². The van der Waals surface area contributed by atoms with Crippen LogP contribution in [0.3, 0.4) is 0 Å². The Balaban J connectivity index is 1.99. The first-order valence-corrected chi connectivity index (χ1v) is 12.9. The average Bonchev–Trinajstić information content (AvgIpc) is 2.99. The zero-order valence-electron chi connectivity index (χ0n) is 21.7. The highest BCUT2D eigenvalue weighted by atomic mass is 35.5. The van der Waals surface area contributed by atoms with E-state index in [9.17, 15) is 40.7 Å². The molecule has 1 aliphatic heterocycles. The Morgan fingerprint density at radius 1 is 1.02 bits per heavy atom. The molecule has 0 bridgehead atoms. The van der Waals surface area contributed by atoms with E-state index in [1.165, 1.54) is 6.07 Å². The fourth-order valence-corrected chi connectivity index (χ4v) is 4.78. The number of nitrogens with two attached hydrogens (primary N) is 1. The van der Waals surface area contributed by atoms with Crippen molar-refractivity contribution < 1.29 is 40.7 Å². The molecule has 2 aromatic carbocycles. The minimum Gasteiger partial charge on any atom is -0.369 e. The molecule has 3 unspecified atom stereocenters. The number of halogens is 7. The number of hydrogen-bond acceptors (Lipinski definition) is 4. The van der Waals surface area contributed by atoms with Crippen LogP contribution in [0.5, 0.6) is 0 Å². The van der Waals surface area contributed by atoms with Crippen LogP contribution in [-0.2, 0) is 14.4 Å². The van der Waals surface area contributed by atoms with Crippen LogP contribution in [-0.4, -0.2) is 42.0 Å². The predicted molar refractivity (Wildman–Crippen MR) is 140 cm³/mol. The smallest absolute Gasteiger partial charge is 0.369 e. The number of rotatable bonds is 10. The maximum absolute atomic E-state index is 13.3. The largest absolute Gasteiger partial charge is 0.389 e. The van der Waals surface area contributed by atoms with Crippen molar-refractivity contribution in [2.75, 3.05) is 5.32 Å². The van der Waals surface area contributed by atoms with E-state index < -0.39 is 80.2 Å². The number of benzene rings is 2. The zero-order valence-corrected chi connectivity index (χ0v) is 22.5. The molecular formula is C27H27ClF6N4O3.